The predicted molar refractivity (Wildman–Crippen MR) is 64.3 cm³/mol. The molecule has 0 amide bonds. The van der Waals surface area contributed by atoms with E-state index in [-0.39, 0.29) is 0 Å². The van der Waals surface area contributed by atoms with Gasteiger partial charge in [-0.1, -0.05) is 0 Å². The molecule has 0 aliphatic carbocycles. The van der Waals surface area contributed by atoms with Crippen molar-refractivity contribution in [2.24, 2.45) is 0 Å². The van der Waals surface area contributed by atoms with E-state index in [2.05, 4.69) is 4.18 Å². The van der Waals surface area contributed by atoms with E-state index in [9.17, 15) is 8.42 Å². The SMILES string of the molecule is COS(=O)(=O)c1c(C)c(C)c(C)c(C)c1C. The molecule has 0 radical (unpaired) electrons. The van der Waals surface area contributed by atoms with Gasteiger partial charge in [0.2, 0.25) is 0 Å². The molecule has 0 unspecified atom stereocenters. The first-order valence-electron chi connectivity index (χ1n) is 5.11. The number of benzene rings is 1. The van der Waals surface area contributed by atoms with Crippen molar-refractivity contribution in [3.63, 3.8) is 0 Å². The average Bonchev–Trinajstić information content (AvgIpc) is 2.23. The molecule has 0 N–H and O–H groups in total. The van der Waals surface area contributed by atoms with Crippen molar-refractivity contribution in [2.45, 2.75) is 39.5 Å². The van der Waals surface area contributed by atoms with Gasteiger partial charge in [-0.25, -0.2) is 0 Å². The first-order chi connectivity index (χ1) is 7.24. The average molecular weight is 242 g/mol. The molecular formula is C12H18O3S. The smallest absolute Gasteiger partial charge is 0.270 e. The third kappa shape index (κ3) is 1.87. The van der Waals surface area contributed by atoms with Gasteiger partial charge in [0.15, 0.2) is 0 Å². The molecular weight excluding hydrogens is 224 g/mol. The summed E-state index contributed by atoms with van der Waals surface area (Å²) in [7, 11) is -2.43. The van der Waals surface area contributed by atoms with E-state index in [1.165, 1.54) is 7.11 Å². The summed E-state index contributed by atoms with van der Waals surface area (Å²) in [5, 5.41) is 0. The second-order valence-corrected chi connectivity index (χ2v) is 5.72. The van der Waals surface area contributed by atoms with Gasteiger partial charge in [-0.3, -0.25) is 4.18 Å². The van der Waals surface area contributed by atoms with E-state index in [1.54, 1.807) is 0 Å². The Hall–Kier alpha value is -0.870. The Morgan fingerprint density at radius 2 is 1.06 bits per heavy atom. The molecule has 4 heteroatoms. The van der Waals surface area contributed by atoms with Crippen LogP contribution in [0.5, 0.6) is 0 Å². The lowest BCUT2D eigenvalue weighted by atomic mass is 9.95. The monoisotopic (exact) mass is 242 g/mol. The van der Waals surface area contributed by atoms with Crippen LogP contribution in [0.3, 0.4) is 0 Å². The second kappa shape index (κ2) is 4.18. The molecule has 0 heterocycles. The first kappa shape index (κ1) is 13.2. The molecule has 0 bridgehead atoms. The van der Waals surface area contributed by atoms with Gasteiger partial charge in [0, 0.05) is 0 Å². The Morgan fingerprint density at radius 3 is 1.38 bits per heavy atom. The standard InChI is InChI=1S/C12H18O3S/c1-7-8(2)10(4)12(11(5)9(7)3)16(13,14)15-6/h1-6H3. The lowest BCUT2D eigenvalue weighted by molar-refractivity contribution is 0.397. The van der Waals surface area contributed by atoms with E-state index in [0.29, 0.717) is 4.90 Å². The maximum atomic E-state index is 11.8. The Balaban J connectivity index is 3.79. The fraction of sp³-hybridized carbons (Fsp3) is 0.500. The highest BCUT2D eigenvalue weighted by Gasteiger charge is 2.23. The molecule has 0 aliphatic heterocycles. The van der Waals surface area contributed by atoms with Gasteiger partial charge < -0.3 is 0 Å². The molecule has 16 heavy (non-hydrogen) atoms. The van der Waals surface area contributed by atoms with Gasteiger partial charge >= 0.3 is 0 Å². The van der Waals surface area contributed by atoms with Crippen LogP contribution in [-0.2, 0) is 14.3 Å². The molecule has 0 spiro atoms. The maximum Gasteiger partial charge on any atom is 0.297 e. The van der Waals surface area contributed by atoms with Crippen LogP contribution in [0.4, 0.5) is 0 Å². The highest BCUT2D eigenvalue weighted by atomic mass is 32.2. The molecule has 0 fully saturated rings. The Kier molecular flexibility index (Phi) is 3.45. The van der Waals surface area contributed by atoms with E-state index in [4.69, 9.17) is 0 Å². The summed E-state index contributed by atoms with van der Waals surface area (Å²) in [6.07, 6.45) is 0. The molecule has 90 valence electrons. The zero-order valence-corrected chi connectivity index (χ0v) is 11.4. The van der Waals surface area contributed by atoms with Gasteiger partial charge in [-0.05, 0) is 62.4 Å². The van der Waals surface area contributed by atoms with E-state index < -0.39 is 10.1 Å². The van der Waals surface area contributed by atoms with Crippen molar-refractivity contribution in [1.29, 1.82) is 0 Å². The molecule has 0 aliphatic rings. The molecule has 1 aromatic carbocycles. The number of hydrogen-bond acceptors (Lipinski definition) is 3. The van der Waals surface area contributed by atoms with Crippen molar-refractivity contribution in [2.75, 3.05) is 7.11 Å². The van der Waals surface area contributed by atoms with Crippen LogP contribution in [-0.4, -0.2) is 15.5 Å². The minimum Gasteiger partial charge on any atom is -0.270 e. The van der Waals surface area contributed by atoms with Gasteiger partial charge in [-0.15, -0.1) is 0 Å². The van der Waals surface area contributed by atoms with Gasteiger partial charge in [0.25, 0.3) is 10.1 Å². The van der Waals surface area contributed by atoms with Gasteiger partial charge in [0.05, 0.1) is 7.11 Å². The van der Waals surface area contributed by atoms with Crippen LogP contribution in [0.25, 0.3) is 0 Å². The zero-order valence-electron chi connectivity index (χ0n) is 10.6. The van der Waals surface area contributed by atoms with Crippen molar-refractivity contribution in [1.82, 2.24) is 0 Å². The third-order valence-corrected chi connectivity index (χ3v) is 4.95. The van der Waals surface area contributed by atoms with E-state index in [0.717, 1.165) is 27.8 Å². The van der Waals surface area contributed by atoms with Crippen LogP contribution in [0.1, 0.15) is 27.8 Å². The summed E-state index contributed by atoms with van der Waals surface area (Å²) < 4.78 is 28.3. The Bertz CT molecular complexity index is 499. The first-order valence-corrected chi connectivity index (χ1v) is 6.52. The van der Waals surface area contributed by atoms with Crippen LogP contribution < -0.4 is 0 Å². The molecule has 1 rings (SSSR count). The highest BCUT2D eigenvalue weighted by molar-refractivity contribution is 7.86. The fourth-order valence-electron chi connectivity index (χ4n) is 1.92. The lowest BCUT2D eigenvalue weighted by Gasteiger charge is -2.17. The molecule has 0 saturated carbocycles. The highest BCUT2D eigenvalue weighted by Crippen LogP contribution is 2.30. The van der Waals surface area contributed by atoms with E-state index in [1.807, 2.05) is 34.6 Å². The predicted octanol–water partition coefficient (Wildman–Crippen LogP) is 2.56. The third-order valence-electron chi connectivity index (χ3n) is 3.40. The van der Waals surface area contributed by atoms with Crippen molar-refractivity contribution < 1.29 is 12.6 Å². The zero-order chi connectivity index (χ0) is 12.7. The van der Waals surface area contributed by atoms with Crippen LogP contribution in [0.2, 0.25) is 0 Å². The summed E-state index contributed by atoms with van der Waals surface area (Å²) in [5.41, 5.74) is 4.73. The second-order valence-electron chi connectivity index (χ2n) is 4.07. The van der Waals surface area contributed by atoms with Crippen LogP contribution in [0.15, 0.2) is 4.90 Å². The number of hydrogen-bond donors (Lipinski definition) is 0. The molecule has 1 aromatic rings. The fourth-order valence-corrected chi connectivity index (χ4v) is 3.15. The van der Waals surface area contributed by atoms with Gasteiger partial charge in [-0.2, -0.15) is 8.42 Å². The number of rotatable bonds is 2. The summed E-state index contributed by atoms with van der Waals surface area (Å²) in [6.45, 7) is 9.52. The summed E-state index contributed by atoms with van der Waals surface area (Å²) in [5.74, 6) is 0. The van der Waals surface area contributed by atoms with Crippen LogP contribution >= 0.6 is 0 Å². The Morgan fingerprint density at radius 1 is 0.750 bits per heavy atom. The summed E-state index contributed by atoms with van der Waals surface area (Å²) in [6, 6.07) is 0. The topological polar surface area (TPSA) is 43.4 Å². The molecule has 3 nitrogen and oxygen atoms in total. The summed E-state index contributed by atoms with van der Waals surface area (Å²) in [4.78, 5) is 0.315. The molecule has 0 saturated heterocycles. The van der Waals surface area contributed by atoms with Crippen molar-refractivity contribution in [3.8, 4) is 0 Å². The quantitative estimate of drug-likeness (QED) is 0.749. The minimum atomic E-state index is -3.62. The Labute approximate surface area is 97.6 Å². The lowest BCUT2D eigenvalue weighted by Crippen LogP contribution is -2.11. The van der Waals surface area contributed by atoms with Crippen LogP contribution in [0, 0.1) is 34.6 Å². The normalized spacial score (nSPS) is 11.9. The minimum absolute atomic E-state index is 0.315. The maximum absolute atomic E-state index is 11.8. The van der Waals surface area contributed by atoms with Gasteiger partial charge in [0.1, 0.15) is 4.90 Å². The molecule has 0 aromatic heterocycles. The van der Waals surface area contributed by atoms with Crippen molar-refractivity contribution >= 4 is 10.1 Å². The summed E-state index contributed by atoms with van der Waals surface area (Å²) >= 11 is 0. The largest absolute Gasteiger partial charge is 0.297 e. The molecule has 0 atom stereocenters. The van der Waals surface area contributed by atoms with E-state index >= 15 is 0 Å². The van der Waals surface area contributed by atoms with Crippen molar-refractivity contribution in [3.05, 3.63) is 27.8 Å².